The Kier molecular flexibility index (Phi) is 5.03. The zero-order chi connectivity index (χ0) is 14.5. The van der Waals surface area contributed by atoms with Crippen LogP contribution in [0.1, 0.15) is 15.9 Å². The van der Waals surface area contributed by atoms with Gasteiger partial charge in [0, 0.05) is 4.47 Å². The second-order valence-corrected chi connectivity index (χ2v) is 5.56. The van der Waals surface area contributed by atoms with Crippen LogP contribution in [0.3, 0.4) is 0 Å². The summed E-state index contributed by atoms with van der Waals surface area (Å²) in [6, 6.07) is 11.5. The van der Waals surface area contributed by atoms with Gasteiger partial charge in [0.2, 0.25) is 0 Å². The first-order valence-electron chi connectivity index (χ1n) is 5.61. The van der Waals surface area contributed by atoms with Crippen LogP contribution in [0, 0.1) is 5.82 Å². The third kappa shape index (κ3) is 3.74. The summed E-state index contributed by atoms with van der Waals surface area (Å²) in [5, 5.41) is 3.84. The number of rotatable bonds is 3. The molecule has 0 saturated heterocycles. The van der Waals surface area contributed by atoms with Crippen LogP contribution in [-0.2, 0) is 0 Å². The molecule has 0 aliphatic heterocycles. The van der Waals surface area contributed by atoms with Crippen molar-refractivity contribution in [1.29, 1.82) is 0 Å². The highest BCUT2D eigenvalue weighted by Gasteiger charge is 2.07. The molecular formula is C14H9Br2FN2O. The smallest absolute Gasteiger partial charge is 0.267 e. The van der Waals surface area contributed by atoms with Gasteiger partial charge < -0.3 is 0 Å². The second-order valence-electron chi connectivity index (χ2n) is 3.85. The number of nitrogens with one attached hydrogen (secondary N) is 1. The lowest BCUT2D eigenvalue weighted by molar-refractivity contribution is 0.0954. The second kappa shape index (κ2) is 6.76. The summed E-state index contributed by atoms with van der Waals surface area (Å²) in [5.41, 5.74) is 3.58. The molecule has 102 valence electrons. The quantitative estimate of drug-likeness (QED) is 0.612. The van der Waals surface area contributed by atoms with Crippen molar-refractivity contribution >= 4 is 44.0 Å². The molecule has 0 unspecified atom stereocenters. The van der Waals surface area contributed by atoms with Gasteiger partial charge in [-0.2, -0.15) is 5.10 Å². The third-order valence-electron chi connectivity index (χ3n) is 2.44. The molecule has 2 rings (SSSR count). The maximum absolute atomic E-state index is 13.0. The van der Waals surface area contributed by atoms with Crippen molar-refractivity contribution in [2.45, 2.75) is 0 Å². The van der Waals surface area contributed by atoms with Gasteiger partial charge in [0.05, 0.1) is 16.3 Å². The fourth-order valence-corrected chi connectivity index (χ4v) is 2.33. The van der Waals surface area contributed by atoms with Crippen LogP contribution in [0.15, 0.2) is 56.5 Å². The summed E-state index contributed by atoms with van der Waals surface area (Å²) >= 11 is 6.37. The molecule has 0 bridgehead atoms. The lowest BCUT2D eigenvalue weighted by atomic mass is 10.2. The molecule has 2 aromatic carbocycles. The van der Waals surface area contributed by atoms with Gasteiger partial charge in [-0.25, -0.2) is 9.82 Å². The standard InChI is InChI=1S/C14H9Br2FN2O/c15-11-4-2-1-3-10(11)14(20)19-18-8-9-5-6-13(17)12(16)7-9/h1-8H,(H,19,20)/b18-8-. The fraction of sp³-hybridized carbons (Fsp3) is 0. The molecule has 1 amide bonds. The predicted octanol–water partition coefficient (Wildman–Crippen LogP) is 4.11. The molecule has 0 heterocycles. The van der Waals surface area contributed by atoms with E-state index in [4.69, 9.17) is 0 Å². The van der Waals surface area contributed by atoms with E-state index in [0.29, 0.717) is 20.1 Å². The van der Waals surface area contributed by atoms with Crippen molar-refractivity contribution in [1.82, 2.24) is 5.43 Å². The Balaban J connectivity index is 2.05. The van der Waals surface area contributed by atoms with Crippen molar-refractivity contribution in [3.63, 3.8) is 0 Å². The Hall–Kier alpha value is -1.53. The van der Waals surface area contributed by atoms with Crippen molar-refractivity contribution < 1.29 is 9.18 Å². The van der Waals surface area contributed by atoms with E-state index in [9.17, 15) is 9.18 Å². The Morgan fingerprint density at radius 1 is 1.15 bits per heavy atom. The molecule has 0 aliphatic rings. The lowest BCUT2D eigenvalue weighted by Crippen LogP contribution is -2.18. The predicted molar refractivity (Wildman–Crippen MR) is 83.3 cm³/mol. The molecule has 3 nitrogen and oxygen atoms in total. The fourth-order valence-electron chi connectivity index (χ4n) is 1.46. The van der Waals surface area contributed by atoms with Gasteiger partial charge in [0.25, 0.3) is 5.91 Å². The summed E-state index contributed by atoms with van der Waals surface area (Å²) in [5.74, 6) is -0.672. The molecule has 0 atom stereocenters. The van der Waals surface area contributed by atoms with Crippen molar-refractivity contribution in [2.75, 3.05) is 0 Å². The van der Waals surface area contributed by atoms with Crippen LogP contribution >= 0.6 is 31.9 Å². The number of hydrogen-bond acceptors (Lipinski definition) is 2. The first-order chi connectivity index (χ1) is 9.58. The summed E-state index contributed by atoms with van der Waals surface area (Å²) in [6.45, 7) is 0. The maximum Gasteiger partial charge on any atom is 0.272 e. The van der Waals surface area contributed by atoms with E-state index >= 15 is 0 Å². The molecule has 0 aliphatic carbocycles. The van der Waals surface area contributed by atoms with Crippen LogP contribution in [0.5, 0.6) is 0 Å². The molecule has 1 N–H and O–H groups in total. The summed E-state index contributed by atoms with van der Waals surface area (Å²) in [4.78, 5) is 11.9. The monoisotopic (exact) mass is 398 g/mol. The van der Waals surface area contributed by atoms with Crippen LogP contribution in [-0.4, -0.2) is 12.1 Å². The number of carbonyl (C=O) groups excluding carboxylic acids is 1. The Labute approximate surface area is 132 Å². The topological polar surface area (TPSA) is 41.5 Å². The van der Waals surface area contributed by atoms with Crippen LogP contribution in [0.4, 0.5) is 4.39 Å². The molecule has 0 fully saturated rings. The minimum Gasteiger partial charge on any atom is -0.267 e. The number of carbonyl (C=O) groups is 1. The van der Waals surface area contributed by atoms with E-state index < -0.39 is 0 Å². The van der Waals surface area contributed by atoms with E-state index in [1.807, 2.05) is 6.07 Å². The highest BCUT2D eigenvalue weighted by molar-refractivity contribution is 9.10. The minimum atomic E-state index is -0.348. The van der Waals surface area contributed by atoms with E-state index in [0.717, 1.165) is 0 Å². The van der Waals surface area contributed by atoms with Gasteiger partial charge in [0.15, 0.2) is 0 Å². The SMILES string of the molecule is O=C(N/N=C\c1ccc(F)c(Br)c1)c1ccccc1Br. The minimum absolute atomic E-state index is 0.324. The van der Waals surface area contributed by atoms with Crippen molar-refractivity contribution in [3.05, 3.63) is 68.4 Å². The molecule has 2 aromatic rings. The van der Waals surface area contributed by atoms with Gasteiger partial charge in [-0.1, -0.05) is 18.2 Å². The average Bonchev–Trinajstić information content (AvgIpc) is 2.43. The number of hydrogen-bond donors (Lipinski definition) is 1. The number of hydrazone groups is 1. The van der Waals surface area contributed by atoms with E-state index in [1.165, 1.54) is 12.3 Å². The first kappa shape index (κ1) is 14.9. The normalized spacial score (nSPS) is 10.8. The highest BCUT2D eigenvalue weighted by atomic mass is 79.9. The molecule has 20 heavy (non-hydrogen) atoms. The maximum atomic E-state index is 13.0. The average molecular weight is 400 g/mol. The zero-order valence-corrected chi connectivity index (χ0v) is 13.3. The Morgan fingerprint density at radius 3 is 2.60 bits per heavy atom. The van der Waals surface area contributed by atoms with Crippen LogP contribution < -0.4 is 5.43 Å². The number of nitrogens with zero attached hydrogens (tertiary/aromatic N) is 1. The molecule has 0 saturated carbocycles. The van der Waals surface area contributed by atoms with Crippen LogP contribution in [0.25, 0.3) is 0 Å². The highest BCUT2D eigenvalue weighted by Crippen LogP contribution is 2.16. The van der Waals surface area contributed by atoms with Crippen molar-refractivity contribution in [2.24, 2.45) is 5.10 Å². The largest absolute Gasteiger partial charge is 0.272 e. The van der Waals surface area contributed by atoms with E-state index in [2.05, 4.69) is 42.4 Å². The van der Waals surface area contributed by atoms with Gasteiger partial charge in [-0.05, 0) is 61.7 Å². The van der Waals surface area contributed by atoms with Gasteiger partial charge in [0.1, 0.15) is 5.82 Å². The van der Waals surface area contributed by atoms with Crippen molar-refractivity contribution in [3.8, 4) is 0 Å². The summed E-state index contributed by atoms with van der Waals surface area (Å²) < 4.78 is 14.1. The lowest BCUT2D eigenvalue weighted by Gasteiger charge is -2.02. The van der Waals surface area contributed by atoms with E-state index in [1.54, 1.807) is 30.3 Å². The van der Waals surface area contributed by atoms with Gasteiger partial charge in [-0.15, -0.1) is 0 Å². The molecule has 6 heteroatoms. The number of amides is 1. The Morgan fingerprint density at radius 2 is 1.90 bits per heavy atom. The molecular weight excluding hydrogens is 391 g/mol. The van der Waals surface area contributed by atoms with Gasteiger partial charge >= 0.3 is 0 Å². The zero-order valence-electron chi connectivity index (χ0n) is 10.1. The summed E-state index contributed by atoms with van der Waals surface area (Å²) in [7, 11) is 0. The Bertz CT molecular complexity index is 674. The third-order valence-corrected chi connectivity index (χ3v) is 3.74. The number of halogens is 3. The summed E-state index contributed by atoms with van der Waals surface area (Å²) in [6.07, 6.45) is 1.44. The van der Waals surface area contributed by atoms with Gasteiger partial charge in [-0.3, -0.25) is 4.79 Å². The molecule has 0 aromatic heterocycles. The number of benzene rings is 2. The van der Waals surface area contributed by atoms with E-state index in [-0.39, 0.29) is 11.7 Å². The first-order valence-corrected chi connectivity index (χ1v) is 7.19. The van der Waals surface area contributed by atoms with Crippen LogP contribution in [0.2, 0.25) is 0 Å². The molecule has 0 spiro atoms. The molecule has 0 radical (unpaired) electrons.